The van der Waals surface area contributed by atoms with E-state index in [4.69, 9.17) is 32.4 Å². The minimum atomic E-state index is -1.24. The molecule has 0 spiro atoms. The number of aliphatic carboxylic acids is 1. The Morgan fingerprint density at radius 1 is 1.17 bits per heavy atom. The summed E-state index contributed by atoms with van der Waals surface area (Å²) in [6.45, 7) is 0. The number of carboxylic acid groups (broad SMARTS) is 1. The Balaban J connectivity index is 1.61. The van der Waals surface area contributed by atoms with Crippen molar-refractivity contribution in [3.63, 3.8) is 0 Å². The van der Waals surface area contributed by atoms with Crippen LogP contribution in [0.3, 0.4) is 0 Å². The van der Waals surface area contributed by atoms with Gasteiger partial charge in [-0.15, -0.1) is 5.10 Å². The molecule has 178 valence electrons. The predicted molar refractivity (Wildman–Crippen MR) is 131 cm³/mol. The number of H-pyrrole nitrogens is 1. The van der Waals surface area contributed by atoms with Crippen molar-refractivity contribution in [3.05, 3.63) is 79.4 Å². The summed E-state index contributed by atoms with van der Waals surface area (Å²) in [6.07, 6.45) is 1.27. The number of ether oxygens (including phenoxy) is 1. The van der Waals surface area contributed by atoms with Crippen molar-refractivity contribution in [1.29, 1.82) is 0 Å². The SMILES string of the molecule is COc1ccc(Cl)cc1-c1nc(S/C(=C\c2ccc(-c3ccc(Cl)cc3[N+](=O)[O-])o2)C(=O)O)n[nH]1. The number of aromatic nitrogens is 3. The molecule has 4 aromatic rings. The first-order chi connectivity index (χ1) is 16.7. The lowest BCUT2D eigenvalue weighted by atomic mass is 10.1. The molecule has 0 aliphatic rings. The Morgan fingerprint density at radius 2 is 1.91 bits per heavy atom. The van der Waals surface area contributed by atoms with Gasteiger partial charge in [0.1, 0.15) is 22.2 Å². The second-order valence-corrected chi connectivity index (χ2v) is 8.73. The number of halogens is 2. The van der Waals surface area contributed by atoms with Crippen molar-refractivity contribution < 1.29 is 24.0 Å². The van der Waals surface area contributed by atoms with E-state index in [0.29, 0.717) is 22.2 Å². The van der Waals surface area contributed by atoms with Crippen LogP contribution in [0.25, 0.3) is 28.8 Å². The number of benzene rings is 2. The van der Waals surface area contributed by atoms with Crippen molar-refractivity contribution >= 4 is 52.7 Å². The minimum absolute atomic E-state index is 0.135. The van der Waals surface area contributed by atoms with Gasteiger partial charge in [-0.2, -0.15) is 0 Å². The third-order valence-electron chi connectivity index (χ3n) is 4.62. The van der Waals surface area contributed by atoms with Crippen molar-refractivity contribution in [2.45, 2.75) is 5.16 Å². The number of carbonyl (C=O) groups is 1. The molecule has 2 N–H and O–H groups in total. The van der Waals surface area contributed by atoms with Crippen molar-refractivity contribution in [1.82, 2.24) is 15.2 Å². The molecule has 35 heavy (non-hydrogen) atoms. The lowest BCUT2D eigenvalue weighted by Gasteiger charge is -2.05. The summed E-state index contributed by atoms with van der Waals surface area (Å²) in [5, 5.41) is 28.6. The molecule has 2 aromatic carbocycles. The summed E-state index contributed by atoms with van der Waals surface area (Å²) in [4.78, 5) is 26.8. The molecule has 0 unspecified atom stereocenters. The van der Waals surface area contributed by atoms with E-state index in [1.54, 1.807) is 18.2 Å². The molecular formula is C22H14Cl2N4O6S. The Labute approximate surface area is 211 Å². The van der Waals surface area contributed by atoms with E-state index in [1.807, 2.05) is 0 Å². The second-order valence-electron chi connectivity index (χ2n) is 6.85. The molecule has 2 heterocycles. The number of methoxy groups -OCH3 is 1. The monoisotopic (exact) mass is 532 g/mol. The highest BCUT2D eigenvalue weighted by molar-refractivity contribution is 8.04. The zero-order chi connectivity index (χ0) is 25.1. The fourth-order valence-electron chi connectivity index (χ4n) is 3.08. The normalized spacial score (nSPS) is 11.5. The quantitative estimate of drug-likeness (QED) is 0.117. The number of nitro benzene ring substituents is 1. The third kappa shape index (κ3) is 5.48. The molecule has 0 fully saturated rings. The van der Waals surface area contributed by atoms with Crippen LogP contribution in [0.2, 0.25) is 10.0 Å². The van der Waals surface area contributed by atoms with Gasteiger partial charge in [0.15, 0.2) is 5.82 Å². The average molecular weight is 533 g/mol. The molecule has 2 aromatic heterocycles. The number of thioether (sulfide) groups is 1. The van der Waals surface area contributed by atoms with E-state index in [2.05, 4.69) is 15.2 Å². The summed E-state index contributed by atoms with van der Waals surface area (Å²) in [5.41, 5.74) is 0.526. The van der Waals surface area contributed by atoms with Crippen LogP contribution in [0.1, 0.15) is 5.76 Å². The highest BCUT2D eigenvalue weighted by Gasteiger charge is 2.20. The van der Waals surface area contributed by atoms with Gasteiger partial charge in [-0.25, -0.2) is 9.78 Å². The lowest BCUT2D eigenvalue weighted by molar-refractivity contribution is -0.384. The van der Waals surface area contributed by atoms with Crippen LogP contribution in [0.5, 0.6) is 5.75 Å². The number of furan rings is 1. The fourth-order valence-corrected chi connectivity index (χ4v) is 4.11. The third-order valence-corrected chi connectivity index (χ3v) is 5.96. The Kier molecular flexibility index (Phi) is 7.10. The number of rotatable bonds is 8. The fraction of sp³-hybridized carbons (Fsp3) is 0.0455. The maximum absolute atomic E-state index is 11.8. The summed E-state index contributed by atoms with van der Waals surface area (Å²) >= 11 is 12.7. The van der Waals surface area contributed by atoms with Crippen LogP contribution in [-0.2, 0) is 4.79 Å². The van der Waals surface area contributed by atoms with Gasteiger partial charge in [-0.05, 0) is 54.2 Å². The first-order valence-electron chi connectivity index (χ1n) is 9.68. The maximum Gasteiger partial charge on any atom is 0.342 e. The van der Waals surface area contributed by atoms with Gasteiger partial charge in [-0.3, -0.25) is 15.2 Å². The molecule has 13 heteroatoms. The van der Waals surface area contributed by atoms with Gasteiger partial charge in [0.05, 0.1) is 23.2 Å². The number of aromatic amines is 1. The molecule has 0 atom stereocenters. The van der Waals surface area contributed by atoms with Crippen LogP contribution >= 0.6 is 35.0 Å². The lowest BCUT2D eigenvalue weighted by Crippen LogP contribution is -1.97. The second kappa shape index (κ2) is 10.2. The molecule has 0 radical (unpaired) electrons. The van der Waals surface area contributed by atoms with Gasteiger partial charge in [0.2, 0.25) is 5.16 Å². The van der Waals surface area contributed by atoms with Gasteiger partial charge in [0, 0.05) is 22.2 Å². The largest absolute Gasteiger partial charge is 0.496 e. The van der Waals surface area contributed by atoms with Crippen LogP contribution in [0.15, 0.2) is 63.0 Å². The Hall–Kier alpha value is -3.80. The van der Waals surface area contributed by atoms with Crippen molar-refractivity contribution in [2.75, 3.05) is 7.11 Å². The van der Waals surface area contributed by atoms with E-state index in [9.17, 15) is 20.0 Å². The molecule has 0 aliphatic carbocycles. The Bertz CT molecular complexity index is 1470. The van der Waals surface area contributed by atoms with Crippen molar-refractivity contribution in [3.8, 4) is 28.5 Å². The number of carboxylic acids is 1. The zero-order valence-corrected chi connectivity index (χ0v) is 20.0. The number of hydrogen-bond acceptors (Lipinski definition) is 8. The number of hydrogen-bond donors (Lipinski definition) is 2. The summed E-state index contributed by atoms with van der Waals surface area (Å²) in [5.74, 6) is -0.0384. The molecule has 0 saturated heterocycles. The minimum Gasteiger partial charge on any atom is -0.496 e. The number of nitrogens with one attached hydrogen (secondary N) is 1. The molecule has 10 nitrogen and oxygen atoms in total. The molecule has 4 rings (SSSR count). The first kappa shape index (κ1) is 24.3. The Morgan fingerprint density at radius 3 is 2.63 bits per heavy atom. The van der Waals surface area contributed by atoms with Crippen LogP contribution in [0.4, 0.5) is 5.69 Å². The van der Waals surface area contributed by atoms with Gasteiger partial charge < -0.3 is 14.3 Å². The van der Waals surface area contributed by atoms with E-state index in [1.165, 1.54) is 43.5 Å². The highest BCUT2D eigenvalue weighted by atomic mass is 35.5. The van der Waals surface area contributed by atoms with E-state index >= 15 is 0 Å². The summed E-state index contributed by atoms with van der Waals surface area (Å²) < 4.78 is 11.0. The first-order valence-corrected chi connectivity index (χ1v) is 11.3. The van der Waals surface area contributed by atoms with E-state index in [0.717, 1.165) is 11.8 Å². The van der Waals surface area contributed by atoms with E-state index in [-0.39, 0.29) is 37.9 Å². The van der Waals surface area contributed by atoms with Gasteiger partial charge in [0.25, 0.3) is 5.69 Å². The van der Waals surface area contributed by atoms with Crippen LogP contribution in [0, 0.1) is 10.1 Å². The smallest absolute Gasteiger partial charge is 0.342 e. The predicted octanol–water partition coefficient (Wildman–Crippen LogP) is 6.17. The topological polar surface area (TPSA) is 144 Å². The summed E-state index contributed by atoms with van der Waals surface area (Å²) in [6, 6.07) is 12.1. The van der Waals surface area contributed by atoms with Gasteiger partial charge in [-0.1, -0.05) is 23.2 Å². The molecule has 0 amide bonds. The van der Waals surface area contributed by atoms with Crippen LogP contribution < -0.4 is 4.74 Å². The number of nitro groups is 1. The van der Waals surface area contributed by atoms with Crippen molar-refractivity contribution in [2.24, 2.45) is 0 Å². The average Bonchev–Trinajstić information content (AvgIpc) is 3.48. The number of nitrogens with zero attached hydrogens (tertiary/aromatic N) is 3. The van der Waals surface area contributed by atoms with Crippen LogP contribution in [-0.4, -0.2) is 38.3 Å². The summed E-state index contributed by atoms with van der Waals surface area (Å²) in [7, 11) is 1.50. The molecule has 0 aliphatic heterocycles. The zero-order valence-electron chi connectivity index (χ0n) is 17.7. The molecule has 0 saturated carbocycles. The van der Waals surface area contributed by atoms with E-state index < -0.39 is 10.9 Å². The standard InChI is InChI=1S/C22H14Cl2N4O6S/c1-33-17-6-3-11(23)8-15(17)20-25-22(27-26-20)35-19(21(29)30)10-13-4-7-18(34-13)14-5-2-12(24)9-16(14)28(31)32/h2-10H,1H3,(H,29,30)(H,25,26,27)/b19-10-. The molecular weight excluding hydrogens is 519 g/mol. The highest BCUT2D eigenvalue weighted by Crippen LogP contribution is 2.35. The van der Waals surface area contributed by atoms with Gasteiger partial charge >= 0.3 is 5.97 Å². The maximum atomic E-state index is 11.8. The molecule has 0 bridgehead atoms.